The van der Waals surface area contributed by atoms with Crippen molar-refractivity contribution in [2.75, 3.05) is 0 Å². The Bertz CT molecular complexity index is 1190. The summed E-state index contributed by atoms with van der Waals surface area (Å²) in [7, 11) is 0. The number of aliphatic hydroxyl groups excluding tert-OH is 2. The molecule has 0 aromatic heterocycles. The van der Waals surface area contributed by atoms with Gasteiger partial charge in [-0.2, -0.15) is 0 Å². The van der Waals surface area contributed by atoms with Crippen LogP contribution in [0.3, 0.4) is 0 Å². The first-order valence-electron chi connectivity index (χ1n) is 16.9. The summed E-state index contributed by atoms with van der Waals surface area (Å²) in [4.78, 5) is 0. The quantitative estimate of drug-likeness (QED) is 0.172. The van der Waals surface area contributed by atoms with E-state index in [1.165, 1.54) is 22.3 Å². The number of hydrogen-bond donors (Lipinski definition) is 2. The molecular formula is C40H60O4. The lowest BCUT2D eigenvalue weighted by Gasteiger charge is -2.40. The van der Waals surface area contributed by atoms with Crippen molar-refractivity contribution in [3.05, 3.63) is 83.1 Å². The van der Waals surface area contributed by atoms with Gasteiger partial charge < -0.3 is 19.7 Å². The van der Waals surface area contributed by atoms with Crippen LogP contribution in [-0.2, 0) is 9.47 Å². The Morgan fingerprint density at radius 3 is 1.27 bits per heavy atom. The van der Waals surface area contributed by atoms with Gasteiger partial charge in [0.05, 0.1) is 23.4 Å². The molecule has 4 nitrogen and oxygen atoms in total. The summed E-state index contributed by atoms with van der Waals surface area (Å²) in [5.41, 5.74) is 4.52. The molecule has 0 aromatic rings. The zero-order chi connectivity index (χ0) is 32.6. The largest absolute Gasteiger partial charge is 0.393 e. The lowest BCUT2D eigenvalue weighted by molar-refractivity contribution is 0.0315. The summed E-state index contributed by atoms with van der Waals surface area (Å²) in [6.07, 6.45) is 28.1. The number of rotatable bonds is 12. The minimum atomic E-state index is -0.256. The van der Waals surface area contributed by atoms with Crippen molar-refractivity contribution >= 4 is 0 Å². The molecule has 2 aliphatic heterocycles. The van der Waals surface area contributed by atoms with Gasteiger partial charge in [-0.3, -0.25) is 0 Å². The molecule has 4 rings (SSSR count). The number of aliphatic hydroxyl groups is 2. The van der Waals surface area contributed by atoms with E-state index in [0.717, 1.165) is 51.4 Å². The summed E-state index contributed by atoms with van der Waals surface area (Å²) in [6, 6.07) is 0. The molecular weight excluding hydrogens is 544 g/mol. The van der Waals surface area contributed by atoms with Crippen molar-refractivity contribution < 1.29 is 19.7 Å². The Balaban J connectivity index is 1.20. The summed E-state index contributed by atoms with van der Waals surface area (Å²) in [5.74, 6) is 0. The predicted octanol–water partition coefficient (Wildman–Crippen LogP) is 9.42. The maximum atomic E-state index is 10.3. The van der Waals surface area contributed by atoms with E-state index >= 15 is 0 Å². The molecule has 2 N–H and O–H groups in total. The lowest BCUT2D eigenvalue weighted by atomic mass is 9.61. The summed E-state index contributed by atoms with van der Waals surface area (Å²) in [5, 5.41) is 20.6. The zero-order valence-corrected chi connectivity index (χ0v) is 29.3. The van der Waals surface area contributed by atoms with E-state index in [1.807, 2.05) is 0 Å². The first-order valence-corrected chi connectivity index (χ1v) is 16.9. The molecule has 0 aromatic carbocycles. The van der Waals surface area contributed by atoms with Crippen molar-refractivity contribution in [1.82, 2.24) is 0 Å². The molecule has 244 valence electrons. The van der Waals surface area contributed by atoms with Crippen molar-refractivity contribution in [2.24, 2.45) is 10.8 Å². The molecule has 2 heterocycles. The highest BCUT2D eigenvalue weighted by Gasteiger charge is 2.76. The number of ether oxygens (including phenoxy) is 2. The average Bonchev–Trinajstić information content (AvgIpc) is 3.73. The highest BCUT2D eigenvalue weighted by atomic mass is 16.6. The van der Waals surface area contributed by atoms with E-state index < -0.39 is 0 Å². The van der Waals surface area contributed by atoms with Gasteiger partial charge >= 0.3 is 0 Å². The van der Waals surface area contributed by atoms with Gasteiger partial charge in [0.15, 0.2) is 0 Å². The smallest absolute Gasteiger partial charge is 0.103 e. The molecule has 4 heteroatoms. The predicted molar refractivity (Wildman–Crippen MR) is 183 cm³/mol. The van der Waals surface area contributed by atoms with Gasteiger partial charge in [0.1, 0.15) is 11.2 Å². The molecule has 0 amide bonds. The van der Waals surface area contributed by atoms with Crippen molar-refractivity contribution in [3.8, 4) is 0 Å². The Morgan fingerprint density at radius 2 is 0.932 bits per heavy atom. The molecule has 2 saturated carbocycles. The summed E-state index contributed by atoms with van der Waals surface area (Å²) >= 11 is 0. The van der Waals surface area contributed by atoms with Gasteiger partial charge in [-0.05, 0) is 90.9 Å². The van der Waals surface area contributed by atoms with Crippen LogP contribution < -0.4 is 0 Å². The van der Waals surface area contributed by atoms with E-state index in [0.29, 0.717) is 0 Å². The Hall–Kier alpha value is -1.98. The monoisotopic (exact) mass is 604 g/mol. The van der Waals surface area contributed by atoms with Crippen LogP contribution >= 0.6 is 0 Å². The fourth-order valence-corrected chi connectivity index (χ4v) is 8.87. The second-order valence-electron chi connectivity index (χ2n) is 16.2. The topological polar surface area (TPSA) is 65.5 Å². The Kier molecular flexibility index (Phi) is 10.0. The number of allylic oxidation sites excluding steroid dienone is 14. The van der Waals surface area contributed by atoms with Gasteiger partial charge in [-0.15, -0.1) is 0 Å². The minimum absolute atomic E-state index is 0.00747. The third-order valence-electron chi connectivity index (χ3n) is 11.4. The van der Waals surface area contributed by atoms with Crippen molar-refractivity contribution in [1.29, 1.82) is 0 Å². The molecule has 2 aliphatic carbocycles. The molecule has 2 saturated heterocycles. The third-order valence-corrected chi connectivity index (χ3v) is 11.4. The van der Waals surface area contributed by atoms with Gasteiger partial charge in [-0.1, -0.05) is 111 Å². The number of hydrogen-bond acceptors (Lipinski definition) is 4. The average molecular weight is 605 g/mol. The fourth-order valence-electron chi connectivity index (χ4n) is 8.87. The Labute approximate surface area is 268 Å². The SMILES string of the molecule is CC(/C=C/C=C(\C)CC[C@@]12O[C@]1(C)C[C@@H](O)CC2(C)C)=C\C=C\C=C(C)\C=C\C=C(/C)CC[C@@]12O[C@]1(C)C[C@@H](O)CC2(C)C. The van der Waals surface area contributed by atoms with Gasteiger partial charge in [-0.25, -0.2) is 0 Å². The normalized spacial score (nSPS) is 38.8. The van der Waals surface area contributed by atoms with Gasteiger partial charge in [0, 0.05) is 12.8 Å². The lowest BCUT2D eigenvalue weighted by Crippen LogP contribution is -2.47. The Morgan fingerprint density at radius 1 is 0.568 bits per heavy atom. The standard InChI is InChI=1S/C40H60O4/c1-29(17-13-19-31(3)21-23-39-35(5,6)25-33(41)27-37(39,9)43-39)15-11-12-16-30(2)18-14-20-32(4)22-24-40-36(7,8)26-34(42)28-38(40,10)44-40/h11-20,33-34,41-42H,21-28H2,1-10H3/b12-11+,17-13+,18-14+,29-15+,30-16+,31-19+,32-20+/t33-,34-,37+,38+,39-,40-/m0/s1. The molecule has 0 radical (unpaired) electrons. The maximum Gasteiger partial charge on any atom is 0.103 e. The fraction of sp³-hybridized carbons (Fsp3) is 0.650. The van der Waals surface area contributed by atoms with E-state index in [4.69, 9.17) is 9.47 Å². The maximum absolute atomic E-state index is 10.3. The molecule has 4 fully saturated rings. The second kappa shape index (κ2) is 12.7. The first-order chi connectivity index (χ1) is 20.4. The van der Waals surface area contributed by atoms with Crippen molar-refractivity contribution in [2.45, 2.75) is 155 Å². The van der Waals surface area contributed by atoms with Crippen LogP contribution in [0.1, 0.15) is 121 Å². The molecule has 4 aliphatic rings. The van der Waals surface area contributed by atoms with Crippen molar-refractivity contribution in [3.63, 3.8) is 0 Å². The molecule has 6 atom stereocenters. The molecule has 44 heavy (non-hydrogen) atoms. The van der Waals surface area contributed by atoms with Gasteiger partial charge in [0.2, 0.25) is 0 Å². The highest BCUT2D eigenvalue weighted by Crippen LogP contribution is 2.68. The van der Waals surface area contributed by atoms with E-state index in [9.17, 15) is 10.2 Å². The first kappa shape index (κ1) is 34.9. The number of epoxide rings is 2. The van der Waals surface area contributed by atoms with Gasteiger partial charge in [0.25, 0.3) is 0 Å². The van der Waals surface area contributed by atoms with Crippen LogP contribution in [0.25, 0.3) is 0 Å². The minimum Gasteiger partial charge on any atom is -0.393 e. The summed E-state index contributed by atoms with van der Waals surface area (Å²) < 4.78 is 12.7. The van der Waals surface area contributed by atoms with E-state index in [1.54, 1.807) is 0 Å². The van der Waals surface area contributed by atoms with E-state index in [2.05, 4.69) is 130 Å². The van der Waals surface area contributed by atoms with Crippen LogP contribution in [-0.4, -0.2) is 44.8 Å². The van der Waals surface area contributed by atoms with Crippen LogP contribution in [0.5, 0.6) is 0 Å². The number of fused-ring (bicyclic) bond motifs is 2. The van der Waals surface area contributed by atoms with Crippen LogP contribution in [0.4, 0.5) is 0 Å². The molecule has 0 spiro atoms. The van der Waals surface area contributed by atoms with Crippen LogP contribution in [0.15, 0.2) is 83.1 Å². The summed E-state index contributed by atoms with van der Waals surface area (Å²) in [6.45, 7) is 22.0. The third kappa shape index (κ3) is 7.04. The van der Waals surface area contributed by atoms with E-state index in [-0.39, 0.29) is 45.4 Å². The zero-order valence-electron chi connectivity index (χ0n) is 29.3. The second-order valence-corrected chi connectivity index (χ2v) is 16.2. The molecule has 0 unspecified atom stereocenters. The van der Waals surface area contributed by atoms with Crippen LogP contribution in [0, 0.1) is 10.8 Å². The van der Waals surface area contributed by atoms with Crippen LogP contribution in [0.2, 0.25) is 0 Å². The highest BCUT2D eigenvalue weighted by molar-refractivity contribution is 5.31. The molecule has 0 bridgehead atoms.